The van der Waals surface area contributed by atoms with Gasteiger partial charge in [0.05, 0.1) is 5.56 Å². The van der Waals surface area contributed by atoms with Crippen LogP contribution in [0.2, 0.25) is 5.15 Å². The molecule has 4 N–H and O–H groups in total. The number of nitrogens with one attached hydrogen (secondary N) is 1. The zero-order valence-corrected chi connectivity index (χ0v) is 13.2. The lowest BCUT2D eigenvalue weighted by Crippen LogP contribution is -2.12. The van der Waals surface area contributed by atoms with Gasteiger partial charge in [0, 0.05) is 17.2 Å². The zero-order valence-electron chi connectivity index (χ0n) is 12.5. The van der Waals surface area contributed by atoms with Gasteiger partial charge in [-0.25, -0.2) is 9.78 Å². The van der Waals surface area contributed by atoms with E-state index in [1.807, 2.05) is 0 Å². The molecule has 0 radical (unpaired) electrons. The van der Waals surface area contributed by atoms with Crippen molar-refractivity contribution in [3.05, 3.63) is 40.1 Å². The lowest BCUT2D eigenvalue weighted by atomic mass is 10.2. The number of alkyl halides is 3. The molecule has 0 bridgehead atoms. The highest BCUT2D eigenvalue weighted by molar-refractivity contribution is 6.30. The molecule has 0 aliphatic heterocycles. The van der Waals surface area contributed by atoms with Crippen molar-refractivity contribution in [1.82, 2.24) is 9.66 Å². The quantitative estimate of drug-likeness (QED) is 0.481. The highest BCUT2D eigenvalue weighted by Gasteiger charge is 2.34. The fourth-order valence-electron chi connectivity index (χ4n) is 1.96. The molecule has 0 aliphatic carbocycles. The number of carboxylic acids is 1. The SMILES string of the molecule is Cc1c(/C=C/C(=O)O)c(O)n(Nc2ccc(C(F)(F)F)c(Cl)n2)c1O. The summed E-state index contributed by atoms with van der Waals surface area (Å²) in [5, 5.41) is 27.9. The van der Waals surface area contributed by atoms with E-state index >= 15 is 0 Å². The summed E-state index contributed by atoms with van der Waals surface area (Å²) in [4.78, 5) is 14.1. The van der Waals surface area contributed by atoms with E-state index in [-0.39, 0.29) is 16.9 Å². The van der Waals surface area contributed by atoms with E-state index in [0.29, 0.717) is 6.07 Å². The molecule has 25 heavy (non-hydrogen) atoms. The molecule has 11 heteroatoms. The minimum Gasteiger partial charge on any atom is -0.493 e. The van der Waals surface area contributed by atoms with Gasteiger partial charge >= 0.3 is 12.1 Å². The van der Waals surface area contributed by atoms with Gasteiger partial charge in [-0.05, 0) is 25.1 Å². The number of rotatable bonds is 4. The van der Waals surface area contributed by atoms with Crippen molar-refractivity contribution in [3.63, 3.8) is 0 Å². The number of halogens is 4. The summed E-state index contributed by atoms with van der Waals surface area (Å²) in [7, 11) is 0. The van der Waals surface area contributed by atoms with Crippen molar-refractivity contribution in [3.8, 4) is 11.8 Å². The molecular weight excluding hydrogens is 367 g/mol. The predicted octanol–water partition coefficient (Wildman–Crippen LogP) is 3.25. The number of carboxylic acid groups (broad SMARTS) is 1. The normalized spacial score (nSPS) is 11.9. The second kappa shape index (κ2) is 6.55. The van der Waals surface area contributed by atoms with Crippen LogP contribution in [0.5, 0.6) is 11.8 Å². The first-order valence-corrected chi connectivity index (χ1v) is 6.95. The van der Waals surface area contributed by atoms with E-state index in [1.165, 1.54) is 6.92 Å². The van der Waals surface area contributed by atoms with Gasteiger partial charge in [-0.2, -0.15) is 17.8 Å². The molecule has 0 saturated carbocycles. The molecule has 2 aromatic rings. The van der Waals surface area contributed by atoms with E-state index < -0.39 is 34.6 Å². The summed E-state index contributed by atoms with van der Waals surface area (Å²) in [6, 6.07) is 1.64. The maximum atomic E-state index is 12.7. The Hall–Kier alpha value is -2.88. The van der Waals surface area contributed by atoms with Gasteiger partial charge in [0.25, 0.3) is 0 Å². The van der Waals surface area contributed by atoms with Gasteiger partial charge in [-0.15, -0.1) is 0 Å². The number of aliphatic carboxylic acids is 1. The first kappa shape index (κ1) is 18.5. The van der Waals surface area contributed by atoms with Crippen LogP contribution in [-0.4, -0.2) is 30.9 Å². The van der Waals surface area contributed by atoms with Crippen LogP contribution in [0.4, 0.5) is 19.0 Å². The van der Waals surface area contributed by atoms with Crippen molar-refractivity contribution in [1.29, 1.82) is 0 Å². The standard InChI is InChI=1S/C14H11ClF3N3O4/c1-6-7(2-5-10(22)23)13(25)21(12(6)24)20-9-4-3-8(11(15)19-9)14(16,17)18/h2-5,24-25H,1H3,(H,19,20)(H,22,23)/b5-2+. The minimum atomic E-state index is -4.67. The molecule has 2 heterocycles. The highest BCUT2D eigenvalue weighted by Crippen LogP contribution is 2.36. The Kier molecular flexibility index (Phi) is 4.84. The molecular formula is C14H11ClF3N3O4. The molecule has 0 aromatic carbocycles. The Morgan fingerprint density at radius 1 is 1.32 bits per heavy atom. The molecule has 7 nitrogen and oxygen atoms in total. The van der Waals surface area contributed by atoms with Gasteiger partial charge in [-0.3, -0.25) is 5.43 Å². The number of hydrogen-bond donors (Lipinski definition) is 4. The van der Waals surface area contributed by atoms with Gasteiger partial charge in [0.1, 0.15) is 11.0 Å². The van der Waals surface area contributed by atoms with Crippen LogP contribution in [0.3, 0.4) is 0 Å². The third-order valence-electron chi connectivity index (χ3n) is 3.18. The van der Waals surface area contributed by atoms with Gasteiger partial charge in [0.15, 0.2) is 0 Å². The van der Waals surface area contributed by atoms with E-state index in [0.717, 1.165) is 22.9 Å². The van der Waals surface area contributed by atoms with Gasteiger partial charge < -0.3 is 15.3 Å². The summed E-state index contributed by atoms with van der Waals surface area (Å²) in [5.41, 5.74) is 1.39. The average Bonchev–Trinajstić information content (AvgIpc) is 2.68. The summed E-state index contributed by atoms with van der Waals surface area (Å²) in [5.74, 6) is -2.51. The van der Waals surface area contributed by atoms with Crippen molar-refractivity contribution < 1.29 is 33.3 Å². The van der Waals surface area contributed by atoms with Crippen LogP contribution in [0, 0.1) is 6.92 Å². The second-order valence-corrected chi connectivity index (χ2v) is 5.20. The third kappa shape index (κ3) is 3.79. The second-order valence-electron chi connectivity index (χ2n) is 4.84. The number of anilines is 1. The molecule has 0 saturated heterocycles. The lowest BCUT2D eigenvalue weighted by Gasteiger charge is -2.12. The van der Waals surface area contributed by atoms with Crippen LogP contribution in [0.1, 0.15) is 16.7 Å². The molecule has 0 spiro atoms. The maximum absolute atomic E-state index is 12.7. The van der Waals surface area contributed by atoms with Crippen LogP contribution in [-0.2, 0) is 11.0 Å². The molecule has 0 unspecified atom stereocenters. The molecule has 134 valence electrons. The Morgan fingerprint density at radius 3 is 2.48 bits per heavy atom. The van der Waals surface area contributed by atoms with Crippen LogP contribution in [0.25, 0.3) is 6.08 Å². The molecule has 0 aliphatic rings. The monoisotopic (exact) mass is 377 g/mol. The maximum Gasteiger partial charge on any atom is 0.419 e. The van der Waals surface area contributed by atoms with Gasteiger partial charge in [-0.1, -0.05) is 11.6 Å². The first-order chi connectivity index (χ1) is 11.5. The van der Waals surface area contributed by atoms with Crippen molar-refractivity contribution in [2.45, 2.75) is 13.1 Å². The summed E-state index contributed by atoms with van der Waals surface area (Å²) in [6.07, 6.45) is -2.87. The van der Waals surface area contributed by atoms with Crippen molar-refractivity contribution in [2.24, 2.45) is 0 Å². The van der Waals surface area contributed by atoms with E-state index in [2.05, 4.69) is 10.4 Å². The molecule has 2 aromatic heterocycles. The molecule has 0 fully saturated rings. The Balaban J connectivity index is 2.40. The summed E-state index contributed by atoms with van der Waals surface area (Å²) < 4.78 is 38.7. The molecule has 2 rings (SSSR count). The van der Waals surface area contributed by atoms with Crippen molar-refractivity contribution >= 4 is 29.5 Å². The van der Waals surface area contributed by atoms with Gasteiger partial charge in [0.2, 0.25) is 11.8 Å². The van der Waals surface area contributed by atoms with E-state index in [4.69, 9.17) is 16.7 Å². The Bertz CT molecular complexity index is 862. The predicted molar refractivity (Wildman–Crippen MR) is 82.4 cm³/mol. The van der Waals surface area contributed by atoms with Crippen LogP contribution < -0.4 is 5.43 Å². The topological polar surface area (TPSA) is 108 Å². The smallest absolute Gasteiger partial charge is 0.419 e. The van der Waals surface area contributed by atoms with E-state index in [9.17, 15) is 28.2 Å². The molecule has 0 atom stereocenters. The summed E-state index contributed by atoms with van der Waals surface area (Å²) >= 11 is 5.50. The summed E-state index contributed by atoms with van der Waals surface area (Å²) in [6.45, 7) is 1.40. The molecule has 0 amide bonds. The third-order valence-corrected chi connectivity index (χ3v) is 3.47. The zero-order chi connectivity index (χ0) is 18.9. The number of aromatic hydroxyl groups is 2. The largest absolute Gasteiger partial charge is 0.493 e. The number of hydrogen-bond acceptors (Lipinski definition) is 5. The fourth-order valence-corrected chi connectivity index (χ4v) is 2.22. The number of carbonyl (C=O) groups is 1. The Labute approximate surface area is 143 Å². The minimum absolute atomic E-state index is 0.00501. The number of nitrogens with zero attached hydrogens (tertiary/aromatic N) is 2. The fraction of sp³-hybridized carbons (Fsp3) is 0.143. The number of aromatic nitrogens is 2. The Morgan fingerprint density at radius 2 is 1.96 bits per heavy atom. The van der Waals surface area contributed by atoms with E-state index in [1.54, 1.807) is 0 Å². The van der Waals surface area contributed by atoms with Crippen LogP contribution in [0.15, 0.2) is 18.2 Å². The highest BCUT2D eigenvalue weighted by atomic mass is 35.5. The lowest BCUT2D eigenvalue weighted by molar-refractivity contribution is -0.137. The first-order valence-electron chi connectivity index (χ1n) is 6.57. The van der Waals surface area contributed by atoms with Crippen LogP contribution >= 0.6 is 11.6 Å². The number of pyridine rings is 1. The van der Waals surface area contributed by atoms with Crippen molar-refractivity contribution in [2.75, 3.05) is 5.43 Å². The average molecular weight is 378 g/mol.